The second kappa shape index (κ2) is 7.33. The molecular formula is C17H21N5O3. The fourth-order valence-electron chi connectivity index (χ4n) is 3.03. The molecule has 2 heterocycles. The summed E-state index contributed by atoms with van der Waals surface area (Å²) in [5.74, 6) is 0.705. The van der Waals surface area contributed by atoms with Gasteiger partial charge in [0.2, 0.25) is 0 Å². The molecule has 1 atom stereocenters. The number of hydrogen-bond acceptors (Lipinski definition) is 4. The van der Waals surface area contributed by atoms with Crippen LogP contribution in [0.5, 0.6) is 0 Å². The molecule has 1 aromatic carbocycles. The molecule has 0 aliphatic carbocycles. The van der Waals surface area contributed by atoms with Gasteiger partial charge in [0.1, 0.15) is 5.82 Å². The Morgan fingerprint density at radius 1 is 1.28 bits per heavy atom. The molecule has 132 valence electrons. The SMILES string of the molecule is Cc1nc(C2CCN(C(=O)N[C@H](C(=O)O)c3ccccc3)CC2)n[nH]1. The lowest BCUT2D eigenvalue weighted by Crippen LogP contribution is -2.46. The van der Waals surface area contributed by atoms with Gasteiger partial charge in [-0.3, -0.25) is 5.10 Å². The number of H-pyrrole nitrogens is 1. The number of piperidine rings is 1. The Kier molecular flexibility index (Phi) is 4.97. The van der Waals surface area contributed by atoms with Crippen LogP contribution in [0.25, 0.3) is 0 Å². The highest BCUT2D eigenvalue weighted by molar-refractivity contribution is 5.83. The van der Waals surface area contributed by atoms with Gasteiger partial charge in [0, 0.05) is 19.0 Å². The Morgan fingerprint density at radius 2 is 1.96 bits per heavy atom. The quantitative estimate of drug-likeness (QED) is 0.784. The predicted octanol–water partition coefficient (Wildman–Crippen LogP) is 1.83. The van der Waals surface area contributed by atoms with Crippen molar-refractivity contribution in [3.8, 4) is 0 Å². The van der Waals surface area contributed by atoms with Crippen LogP contribution in [0.3, 0.4) is 0 Å². The van der Waals surface area contributed by atoms with Gasteiger partial charge in [0.25, 0.3) is 0 Å². The number of benzene rings is 1. The van der Waals surface area contributed by atoms with Crippen molar-refractivity contribution >= 4 is 12.0 Å². The zero-order valence-electron chi connectivity index (χ0n) is 14.0. The number of aryl methyl sites for hydroxylation is 1. The summed E-state index contributed by atoms with van der Waals surface area (Å²) in [6.45, 7) is 2.95. The van der Waals surface area contributed by atoms with E-state index in [0.717, 1.165) is 24.5 Å². The molecule has 3 rings (SSSR count). The molecule has 2 aromatic rings. The molecule has 0 bridgehead atoms. The molecule has 1 fully saturated rings. The van der Waals surface area contributed by atoms with Crippen molar-refractivity contribution in [3.05, 3.63) is 47.5 Å². The van der Waals surface area contributed by atoms with Crippen LogP contribution in [0.4, 0.5) is 4.79 Å². The highest BCUT2D eigenvalue weighted by Gasteiger charge is 2.29. The molecule has 3 N–H and O–H groups in total. The maximum atomic E-state index is 12.4. The molecule has 1 aliphatic rings. The molecule has 1 aliphatic heterocycles. The molecule has 0 radical (unpaired) electrons. The van der Waals surface area contributed by atoms with Gasteiger partial charge < -0.3 is 15.3 Å². The van der Waals surface area contributed by atoms with Crippen molar-refractivity contribution in [1.82, 2.24) is 25.4 Å². The molecular weight excluding hydrogens is 322 g/mol. The number of amides is 2. The standard InChI is InChI=1S/C17H21N5O3/c1-11-18-15(21-20-11)13-7-9-22(10-8-13)17(25)19-14(16(23)24)12-5-3-2-4-6-12/h2-6,13-14H,7-10H2,1H3,(H,19,25)(H,23,24)(H,18,20,21)/t14-/m0/s1. The number of urea groups is 1. The monoisotopic (exact) mass is 343 g/mol. The van der Waals surface area contributed by atoms with E-state index in [1.165, 1.54) is 0 Å². The smallest absolute Gasteiger partial charge is 0.330 e. The molecule has 0 unspecified atom stereocenters. The lowest BCUT2D eigenvalue weighted by molar-refractivity contribution is -0.139. The average molecular weight is 343 g/mol. The van der Waals surface area contributed by atoms with E-state index >= 15 is 0 Å². The third-order valence-electron chi connectivity index (χ3n) is 4.41. The maximum Gasteiger partial charge on any atom is 0.330 e. The summed E-state index contributed by atoms with van der Waals surface area (Å²) < 4.78 is 0. The molecule has 0 spiro atoms. The predicted molar refractivity (Wildman–Crippen MR) is 90.0 cm³/mol. The molecule has 1 aromatic heterocycles. The zero-order valence-corrected chi connectivity index (χ0v) is 14.0. The largest absolute Gasteiger partial charge is 0.479 e. The normalized spacial score (nSPS) is 16.4. The van der Waals surface area contributed by atoms with E-state index < -0.39 is 12.0 Å². The number of aromatic nitrogens is 3. The summed E-state index contributed by atoms with van der Waals surface area (Å²) in [7, 11) is 0. The van der Waals surface area contributed by atoms with Crippen molar-refractivity contribution in [2.75, 3.05) is 13.1 Å². The second-order valence-corrected chi connectivity index (χ2v) is 6.17. The minimum atomic E-state index is -1.08. The minimum Gasteiger partial charge on any atom is -0.479 e. The van der Waals surface area contributed by atoms with Crippen LogP contribution in [0.1, 0.15) is 42.0 Å². The second-order valence-electron chi connectivity index (χ2n) is 6.17. The first-order valence-corrected chi connectivity index (χ1v) is 8.26. The van der Waals surface area contributed by atoms with Crippen LogP contribution in [-0.4, -0.2) is 50.3 Å². The number of aliphatic carboxylic acids is 1. The van der Waals surface area contributed by atoms with Gasteiger partial charge in [-0.25, -0.2) is 14.6 Å². The number of carbonyl (C=O) groups is 2. The number of nitrogens with one attached hydrogen (secondary N) is 2. The summed E-state index contributed by atoms with van der Waals surface area (Å²) in [6.07, 6.45) is 1.52. The summed E-state index contributed by atoms with van der Waals surface area (Å²) in [5, 5.41) is 19.1. The van der Waals surface area contributed by atoms with Gasteiger partial charge in [0.15, 0.2) is 11.9 Å². The number of carboxylic acid groups (broad SMARTS) is 1. The van der Waals surface area contributed by atoms with Gasteiger partial charge in [0.05, 0.1) is 0 Å². The number of aromatic amines is 1. The summed E-state index contributed by atoms with van der Waals surface area (Å²) in [4.78, 5) is 30.0. The van der Waals surface area contributed by atoms with E-state index in [4.69, 9.17) is 0 Å². The number of carbonyl (C=O) groups excluding carboxylic acids is 1. The average Bonchev–Trinajstić information content (AvgIpc) is 3.06. The lowest BCUT2D eigenvalue weighted by atomic mass is 9.96. The Bertz CT molecular complexity index is 738. The van der Waals surface area contributed by atoms with Crippen LogP contribution in [0.15, 0.2) is 30.3 Å². The van der Waals surface area contributed by atoms with E-state index in [0.29, 0.717) is 18.7 Å². The summed E-state index contributed by atoms with van der Waals surface area (Å²) >= 11 is 0. The van der Waals surface area contributed by atoms with Gasteiger partial charge in [-0.2, -0.15) is 5.10 Å². The van der Waals surface area contributed by atoms with Crippen molar-refractivity contribution in [1.29, 1.82) is 0 Å². The number of nitrogens with zero attached hydrogens (tertiary/aromatic N) is 3. The molecule has 8 heteroatoms. The number of hydrogen-bond donors (Lipinski definition) is 3. The summed E-state index contributed by atoms with van der Waals surface area (Å²) in [5.41, 5.74) is 0.550. The van der Waals surface area contributed by atoms with Gasteiger partial charge in [-0.1, -0.05) is 30.3 Å². The van der Waals surface area contributed by atoms with Crippen LogP contribution in [-0.2, 0) is 4.79 Å². The third-order valence-corrected chi connectivity index (χ3v) is 4.41. The first-order valence-electron chi connectivity index (χ1n) is 8.26. The van der Waals surface area contributed by atoms with Crippen molar-refractivity contribution < 1.29 is 14.7 Å². The summed E-state index contributed by atoms with van der Waals surface area (Å²) in [6, 6.07) is 7.28. The third kappa shape index (κ3) is 3.96. The molecule has 8 nitrogen and oxygen atoms in total. The van der Waals surface area contributed by atoms with E-state index in [1.54, 1.807) is 35.2 Å². The van der Waals surface area contributed by atoms with Gasteiger partial charge in [-0.05, 0) is 25.3 Å². The highest BCUT2D eigenvalue weighted by atomic mass is 16.4. The highest BCUT2D eigenvalue weighted by Crippen LogP contribution is 2.25. The Balaban J connectivity index is 1.59. The van der Waals surface area contributed by atoms with Crippen LogP contribution >= 0.6 is 0 Å². The molecule has 0 saturated carbocycles. The molecule has 1 saturated heterocycles. The maximum absolute atomic E-state index is 12.4. The molecule has 2 amide bonds. The van der Waals surface area contributed by atoms with Gasteiger partial charge >= 0.3 is 12.0 Å². The number of likely N-dealkylation sites (tertiary alicyclic amines) is 1. The van der Waals surface area contributed by atoms with Gasteiger partial charge in [-0.15, -0.1) is 0 Å². The first kappa shape index (κ1) is 16.9. The Labute approximate surface area is 145 Å². The fourth-order valence-corrected chi connectivity index (χ4v) is 3.03. The first-order chi connectivity index (χ1) is 12.0. The number of rotatable bonds is 4. The van der Waals surface area contributed by atoms with E-state index in [2.05, 4.69) is 20.5 Å². The van der Waals surface area contributed by atoms with E-state index in [1.807, 2.05) is 6.92 Å². The van der Waals surface area contributed by atoms with Crippen molar-refractivity contribution in [2.45, 2.75) is 31.7 Å². The van der Waals surface area contributed by atoms with Crippen LogP contribution in [0, 0.1) is 6.92 Å². The number of carboxylic acids is 1. The van der Waals surface area contributed by atoms with Crippen molar-refractivity contribution in [2.24, 2.45) is 0 Å². The molecule has 25 heavy (non-hydrogen) atoms. The topological polar surface area (TPSA) is 111 Å². The van der Waals surface area contributed by atoms with Crippen LogP contribution in [0.2, 0.25) is 0 Å². The zero-order chi connectivity index (χ0) is 17.8. The van der Waals surface area contributed by atoms with Crippen LogP contribution < -0.4 is 5.32 Å². The van der Waals surface area contributed by atoms with E-state index in [-0.39, 0.29) is 11.9 Å². The van der Waals surface area contributed by atoms with E-state index in [9.17, 15) is 14.7 Å². The fraction of sp³-hybridized carbons (Fsp3) is 0.412. The lowest BCUT2D eigenvalue weighted by Gasteiger charge is -2.31. The Hall–Kier alpha value is -2.90. The Morgan fingerprint density at radius 3 is 2.52 bits per heavy atom. The minimum absolute atomic E-state index is 0.221. The van der Waals surface area contributed by atoms with Crippen molar-refractivity contribution in [3.63, 3.8) is 0 Å².